The zero-order valence-electron chi connectivity index (χ0n) is 4.33. The van der Waals surface area contributed by atoms with Gasteiger partial charge in [-0.15, -0.1) is 0 Å². The molecule has 0 bridgehead atoms. The van der Waals surface area contributed by atoms with Crippen LogP contribution in [0.4, 0.5) is 0 Å². The first-order chi connectivity index (χ1) is 2.94. The Balaban J connectivity index is 3.54. The number of rotatable bonds is 1. The molecule has 0 saturated carbocycles. The van der Waals surface area contributed by atoms with Gasteiger partial charge in [-0.1, -0.05) is 0 Å². The van der Waals surface area contributed by atoms with Crippen LogP contribution in [0.2, 0.25) is 0 Å². The molecule has 0 radical (unpaired) electrons. The molecule has 3 nitrogen and oxygen atoms in total. The molecule has 0 rings (SSSR count). The molecule has 46 valence electrons. The fourth-order valence-electron chi connectivity index (χ4n) is 0. The Morgan fingerprint density at radius 2 is 1.29 bits per heavy atom. The van der Waals surface area contributed by atoms with Gasteiger partial charge in [0.2, 0.25) is 0 Å². The molecule has 0 aliphatic heterocycles. The maximum absolute atomic E-state index is 8.29. The summed E-state index contributed by atoms with van der Waals surface area (Å²) in [7, 11) is -3.24. The molecule has 0 aromatic rings. The Bertz CT molecular complexity index is 55.7. The summed E-state index contributed by atoms with van der Waals surface area (Å²) in [5.74, 6) is 0. The average molecular weight is 126 g/mol. The van der Waals surface area contributed by atoms with Crippen LogP contribution in [0, 0.1) is 0 Å². The van der Waals surface area contributed by atoms with Gasteiger partial charge in [-0.05, 0) is 13.8 Å². The van der Waals surface area contributed by atoms with Crippen molar-refractivity contribution in [3.05, 3.63) is 0 Å². The van der Waals surface area contributed by atoms with Crippen LogP contribution in [0.25, 0.3) is 0 Å². The third kappa shape index (κ3) is 2.87. The molecule has 0 spiro atoms. The predicted molar refractivity (Wildman–Crippen MR) is 30.6 cm³/mol. The van der Waals surface area contributed by atoms with Crippen molar-refractivity contribution in [2.24, 2.45) is 0 Å². The highest BCUT2D eigenvalue weighted by atomic mass is 32.3. The summed E-state index contributed by atoms with van der Waals surface area (Å²) < 4.78 is 24.9. The first kappa shape index (κ1) is 7.23. The van der Waals surface area contributed by atoms with E-state index in [0.29, 0.717) is 0 Å². The van der Waals surface area contributed by atoms with Crippen molar-refractivity contribution in [1.29, 1.82) is 0 Å². The maximum Gasteiger partial charge on any atom is 0.0835 e. The van der Waals surface area contributed by atoms with Crippen LogP contribution < -0.4 is 0 Å². The van der Waals surface area contributed by atoms with Crippen LogP contribution in [0.15, 0.2) is 0 Å². The highest BCUT2D eigenvalue weighted by molar-refractivity contribution is 8.19. The Labute approximate surface area is 44.5 Å². The first-order valence-corrected chi connectivity index (χ1v) is 3.50. The molecule has 0 saturated heterocycles. The summed E-state index contributed by atoms with van der Waals surface area (Å²) in [6.07, 6.45) is 0. The molecule has 4 heteroatoms. The van der Waals surface area contributed by atoms with Gasteiger partial charge in [0.1, 0.15) is 0 Å². The first-order valence-electron chi connectivity index (χ1n) is 1.94. The van der Waals surface area contributed by atoms with Crippen molar-refractivity contribution >= 4 is 10.9 Å². The van der Waals surface area contributed by atoms with Crippen molar-refractivity contribution in [2.75, 3.05) is 0 Å². The van der Waals surface area contributed by atoms with Crippen molar-refractivity contribution in [3.63, 3.8) is 0 Å². The lowest BCUT2D eigenvalue weighted by atomic mass is 10.6. The number of hydrogen-bond donors (Lipinski definition) is 3. The fraction of sp³-hybridized carbons (Fsp3) is 1.00. The third-order valence-corrected chi connectivity index (χ3v) is 1.90. The zero-order chi connectivity index (χ0) is 6.08. The molecule has 0 heterocycles. The molecular formula is C3H10O3S. The Hall–Kier alpha value is 0.230. The van der Waals surface area contributed by atoms with E-state index in [4.69, 9.17) is 13.7 Å². The molecule has 0 aromatic heterocycles. The van der Waals surface area contributed by atoms with E-state index in [1.165, 1.54) is 13.8 Å². The van der Waals surface area contributed by atoms with Crippen molar-refractivity contribution < 1.29 is 13.7 Å². The topological polar surface area (TPSA) is 60.7 Å². The van der Waals surface area contributed by atoms with E-state index in [1.807, 2.05) is 0 Å². The molecule has 0 unspecified atom stereocenters. The molecule has 0 aliphatic rings. The van der Waals surface area contributed by atoms with E-state index in [0.717, 1.165) is 0 Å². The van der Waals surface area contributed by atoms with E-state index < -0.39 is 16.1 Å². The van der Waals surface area contributed by atoms with Crippen LogP contribution in [-0.2, 0) is 0 Å². The van der Waals surface area contributed by atoms with Crippen molar-refractivity contribution in [3.8, 4) is 0 Å². The summed E-state index contributed by atoms with van der Waals surface area (Å²) in [6, 6.07) is 0. The summed E-state index contributed by atoms with van der Waals surface area (Å²) in [4.78, 5) is 0. The van der Waals surface area contributed by atoms with Gasteiger partial charge in [0.15, 0.2) is 0 Å². The minimum atomic E-state index is -3.24. The van der Waals surface area contributed by atoms with E-state index >= 15 is 0 Å². The van der Waals surface area contributed by atoms with Gasteiger partial charge in [0, 0.05) is 0 Å². The lowest BCUT2D eigenvalue weighted by Crippen LogP contribution is -2.07. The number of hydrogen-bond acceptors (Lipinski definition) is 3. The van der Waals surface area contributed by atoms with Gasteiger partial charge in [0.05, 0.1) is 16.1 Å². The molecule has 7 heavy (non-hydrogen) atoms. The predicted octanol–water partition coefficient (Wildman–Crippen LogP) is 1.62. The quantitative estimate of drug-likeness (QED) is 0.500. The standard InChI is InChI=1S/C3H10O3S/c1-3(2)7(4,5)6/h3-6H,1-2H3. The Morgan fingerprint density at radius 3 is 1.29 bits per heavy atom. The molecular weight excluding hydrogens is 116 g/mol. The molecule has 0 amide bonds. The monoisotopic (exact) mass is 126 g/mol. The minimum Gasteiger partial charge on any atom is -0.308 e. The van der Waals surface area contributed by atoms with Gasteiger partial charge in [-0.3, -0.25) is 0 Å². The summed E-state index contributed by atoms with van der Waals surface area (Å²) in [5.41, 5.74) is 0. The second-order valence-electron chi connectivity index (χ2n) is 1.61. The van der Waals surface area contributed by atoms with Gasteiger partial charge in [-0.2, -0.15) is 0 Å². The molecule has 0 aliphatic carbocycles. The fourth-order valence-corrected chi connectivity index (χ4v) is 0. The Morgan fingerprint density at radius 1 is 1.14 bits per heavy atom. The summed E-state index contributed by atoms with van der Waals surface area (Å²) in [5, 5.41) is -0.451. The second kappa shape index (κ2) is 2.00. The van der Waals surface area contributed by atoms with Crippen LogP contribution >= 0.6 is 10.9 Å². The lowest BCUT2D eigenvalue weighted by Gasteiger charge is -2.22. The smallest absolute Gasteiger partial charge is 0.0835 e. The largest absolute Gasteiger partial charge is 0.308 e. The normalized spacial score (nSPS) is 15.1. The lowest BCUT2D eigenvalue weighted by molar-refractivity contribution is 0.366. The average Bonchev–Trinajstić information content (AvgIpc) is 1.31. The van der Waals surface area contributed by atoms with E-state index in [-0.39, 0.29) is 0 Å². The molecule has 0 fully saturated rings. The zero-order valence-corrected chi connectivity index (χ0v) is 5.14. The highest BCUT2D eigenvalue weighted by Crippen LogP contribution is 2.37. The molecule has 0 atom stereocenters. The van der Waals surface area contributed by atoms with Crippen molar-refractivity contribution in [1.82, 2.24) is 0 Å². The van der Waals surface area contributed by atoms with E-state index in [9.17, 15) is 0 Å². The SMILES string of the molecule is CC(C)S(O)(O)O. The molecule has 0 aromatic carbocycles. The van der Waals surface area contributed by atoms with Crippen LogP contribution in [-0.4, -0.2) is 18.9 Å². The summed E-state index contributed by atoms with van der Waals surface area (Å²) >= 11 is 0. The van der Waals surface area contributed by atoms with Gasteiger partial charge >= 0.3 is 0 Å². The summed E-state index contributed by atoms with van der Waals surface area (Å²) in [6.45, 7) is 3.07. The Kier molecular flexibility index (Phi) is 2.07. The minimum absolute atomic E-state index is 0.451. The van der Waals surface area contributed by atoms with Crippen LogP contribution in [0.1, 0.15) is 13.8 Å². The van der Waals surface area contributed by atoms with Crippen molar-refractivity contribution in [2.45, 2.75) is 19.1 Å². The van der Waals surface area contributed by atoms with E-state index in [1.54, 1.807) is 0 Å². The third-order valence-electron chi connectivity index (χ3n) is 0.632. The van der Waals surface area contributed by atoms with E-state index in [2.05, 4.69) is 0 Å². The van der Waals surface area contributed by atoms with Gasteiger partial charge in [0.25, 0.3) is 0 Å². The van der Waals surface area contributed by atoms with Crippen LogP contribution in [0.3, 0.4) is 0 Å². The second-order valence-corrected chi connectivity index (χ2v) is 3.68. The maximum atomic E-state index is 8.29. The van der Waals surface area contributed by atoms with Gasteiger partial charge in [-0.25, -0.2) is 0 Å². The van der Waals surface area contributed by atoms with Crippen LogP contribution in [0.5, 0.6) is 0 Å². The van der Waals surface area contributed by atoms with Gasteiger partial charge < -0.3 is 13.7 Å². The highest BCUT2D eigenvalue weighted by Gasteiger charge is 2.15. The molecule has 3 N–H and O–H groups in total.